The quantitative estimate of drug-likeness (QED) is 0.927. The molecule has 3 heteroatoms. The summed E-state index contributed by atoms with van der Waals surface area (Å²) in [6, 6.07) is 8.65. The number of anilines is 1. The lowest BCUT2D eigenvalue weighted by molar-refractivity contribution is 0.277. The van der Waals surface area contributed by atoms with Gasteiger partial charge in [-0.15, -0.1) is 0 Å². The Morgan fingerprint density at radius 1 is 1.25 bits per heavy atom. The van der Waals surface area contributed by atoms with E-state index in [-0.39, 0.29) is 5.54 Å². The van der Waals surface area contributed by atoms with Crippen molar-refractivity contribution in [1.29, 1.82) is 0 Å². The first-order valence-electron chi connectivity index (χ1n) is 7.61. The molecule has 0 bridgehead atoms. The number of hydrogen-bond acceptors (Lipinski definition) is 3. The van der Waals surface area contributed by atoms with E-state index in [1.165, 1.54) is 29.3 Å². The Kier molecular flexibility index (Phi) is 3.62. The maximum Gasteiger partial charge on any atom is 0.0448 e. The maximum absolute atomic E-state index is 4.23. The first-order valence-corrected chi connectivity index (χ1v) is 7.61. The predicted molar refractivity (Wildman–Crippen MR) is 85.3 cm³/mol. The molecule has 0 saturated carbocycles. The molecule has 20 heavy (non-hydrogen) atoms. The van der Waals surface area contributed by atoms with Gasteiger partial charge in [-0.25, -0.2) is 0 Å². The molecule has 3 nitrogen and oxygen atoms in total. The van der Waals surface area contributed by atoms with Gasteiger partial charge in [-0.1, -0.05) is 26.0 Å². The van der Waals surface area contributed by atoms with E-state index in [1.54, 1.807) is 0 Å². The minimum Gasteiger partial charge on any atom is -0.368 e. The van der Waals surface area contributed by atoms with Crippen molar-refractivity contribution in [2.75, 3.05) is 24.5 Å². The van der Waals surface area contributed by atoms with Crippen molar-refractivity contribution in [1.82, 2.24) is 10.3 Å². The van der Waals surface area contributed by atoms with Gasteiger partial charge in [0.15, 0.2) is 0 Å². The molecule has 1 saturated heterocycles. The van der Waals surface area contributed by atoms with E-state index in [4.69, 9.17) is 0 Å². The van der Waals surface area contributed by atoms with Crippen molar-refractivity contribution in [3.05, 3.63) is 36.7 Å². The summed E-state index contributed by atoms with van der Waals surface area (Å²) in [6.45, 7) is 7.79. The Morgan fingerprint density at radius 2 is 2.10 bits per heavy atom. The van der Waals surface area contributed by atoms with Crippen LogP contribution in [0.2, 0.25) is 0 Å². The average molecular weight is 269 g/mol. The van der Waals surface area contributed by atoms with Gasteiger partial charge in [0.05, 0.1) is 0 Å². The first-order chi connectivity index (χ1) is 9.78. The molecular formula is C17H23N3. The molecule has 1 aliphatic heterocycles. The second-order valence-electron chi connectivity index (χ2n) is 5.71. The number of aromatic nitrogens is 1. The number of pyridine rings is 1. The lowest BCUT2D eigenvalue weighted by atomic mass is 9.90. The highest BCUT2D eigenvalue weighted by Gasteiger charge is 2.32. The van der Waals surface area contributed by atoms with Gasteiger partial charge in [-0.3, -0.25) is 4.98 Å². The van der Waals surface area contributed by atoms with Crippen molar-refractivity contribution in [2.45, 2.75) is 32.2 Å². The van der Waals surface area contributed by atoms with Crippen LogP contribution in [0.25, 0.3) is 10.8 Å². The molecule has 1 aromatic heterocycles. The molecular weight excluding hydrogens is 246 g/mol. The molecule has 0 unspecified atom stereocenters. The topological polar surface area (TPSA) is 28.2 Å². The van der Waals surface area contributed by atoms with Crippen molar-refractivity contribution in [2.24, 2.45) is 0 Å². The van der Waals surface area contributed by atoms with Gasteiger partial charge in [0.2, 0.25) is 0 Å². The van der Waals surface area contributed by atoms with E-state index in [9.17, 15) is 0 Å². The van der Waals surface area contributed by atoms with Gasteiger partial charge in [0.1, 0.15) is 0 Å². The lowest BCUT2D eigenvalue weighted by Crippen LogP contribution is -2.60. The smallest absolute Gasteiger partial charge is 0.0448 e. The minimum absolute atomic E-state index is 0.257. The van der Waals surface area contributed by atoms with Crippen molar-refractivity contribution >= 4 is 16.5 Å². The lowest BCUT2D eigenvalue weighted by Gasteiger charge is -2.44. The first kappa shape index (κ1) is 13.4. The number of rotatable bonds is 3. The van der Waals surface area contributed by atoms with Crippen LogP contribution in [-0.4, -0.2) is 30.2 Å². The molecule has 2 aromatic rings. The van der Waals surface area contributed by atoms with Crippen LogP contribution >= 0.6 is 0 Å². The van der Waals surface area contributed by atoms with Gasteiger partial charge >= 0.3 is 0 Å². The number of hydrogen-bond donors (Lipinski definition) is 1. The monoisotopic (exact) mass is 269 g/mol. The SMILES string of the molecule is CCC1(CC)CN(c2cccc3cnccc23)CCN1. The summed E-state index contributed by atoms with van der Waals surface area (Å²) in [5.41, 5.74) is 1.60. The third kappa shape index (κ3) is 2.27. The number of nitrogens with zero attached hydrogens (tertiary/aromatic N) is 2. The third-order valence-corrected chi connectivity index (χ3v) is 4.73. The Balaban J connectivity index is 1.98. The van der Waals surface area contributed by atoms with E-state index in [2.05, 4.69) is 53.3 Å². The fraction of sp³-hybridized carbons (Fsp3) is 0.471. The maximum atomic E-state index is 4.23. The second-order valence-corrected chi connectivity index (χ2v) is 5.71. The van der Waals surface area contributed by atoms with Crippen molar-refractivity contribution < 1.29 is 0 Å². The highest BCUT2D eigenvalue weighted by molar-refractivity contribution is 5.93. The van der Waals surface area contributed by atoms with Crippen molar-refractivity contribution in [3.8, 4) is 0 Å². The molecule has 106 valence electrons. The van der Waals surface area contributed by atoms with Crippen molar-refractivity contribution in [3.63, 3.8) is 0 Å². The van der Waals surface area contributed by atoms with Gasteiger partial charge in [-0.2, -0.15) is 0 Å². The van der Waals surface area contributed by atoms with Crippen LogP contribution in [0.15, 0.2) is 36.7 Å². The Bertz CT molecular complexity index is 584. The zero-order valence-corrected chi connectivity index (χ0v) is 12.4. The summed E-state index contributed by atoms with van der Waals surface area (Å²) in [4.78, 5) is 6.76. The molecule has 0 amide bonds. The molecule has 0 atom stereocenters. The van der Waals surface area contributed by atoms with Crippen LogP contribution in [-0.2, 0) is 0 Å². The van der Waals surface area contributed by atoms with Gasteiger partial charge in [0, 0.05) is 54.0 Å². The van der Waals surface area contributed by atoms with Crippen LogP contribution in [0.5, 0.6) is 0 Å². The summed E-state index contributed by atoms with van der Waals surface area (Å²) in [5.74, 6) is 0. The average Bonchev–Trinajstić information content (AvgIpc) is 2.54. The molecule has 1 fully saturated rings. The fourth-order valence-electron chi connectivity index (χ4n) is 3.27. The van der Waals surface area contributed by atoms with E-state index >= 15 is 0 Å². The van der Waals surface area contributed by atoms with E-state index < -0.39 is 0 Å². The Hall–Kier alpha value is -1.61. The number of piperazine rings is 1. The van der Waals surface area contributed by atoms with E-state index in [1.807, 2.05) is 12.4 Å². The van der Waals surface area contributed by atoms with E-state index in [0.29, 0.717) is 0 Å². The molecule has 1 aromatic carbocycles. The summed E-state index contributed by atoms with van der Waals surface area (Å²) in [6.07, 6.45) is 6.19. The van der Waals surface area contributed by atoms with Crippen LogP contribution in [0.1, 0.15) is 26.7 Å². The standard InChI is InChI=1S/C17H23N3/c1-3-17(4-2)13-20(11-10-19-17)16-7-5-6-14-12-18-9-8-15(14)16/h5-9,12,19H,3-4,10-11,13H2,1-2H3. The molecule has 0 spiro atoms. The predicted octanol–water partition coefficient (Wildman–Crippen LogP) is 3.20. The molecule has 1 N–H and O–H groups in total. The number of nitrogens with one attached hydrogen (secondary N) is 1. The van der Waals surface area contributed by atoms with Crippen LogP contribution in [0.3, 0.4) is 0 Å². The number of fused-ring (bicyclic) bond motifs is 1. The third-order valence-electron chi connectivity index (χ3n) is 4.73. The van der Waals surface area contributed by atoms with Gasteiger partial charge in [0.25, 0.3) is 0 Å². The normalized spacial score (nSPS) is 18.4. The van der Waals surface area contributed by atoms with E-state index in [0.717, 1.165) is 19.6 Å². The minimum atomic E-state index is 0.257. The zero-order chi connectivity index (χ0) is 14.0. The largest absolute Gasteiger partial charge is 0.368 e. The second kappa shape index (κ2) is 5.41. The fourth-order valence-corrected chi connectivity index (χ4v) is 3.27. The number of benzene rings is 1. The summed E-state index contributed by atoms with van der Waals surface area (Å²) < 4.78 is 0. The summed E-state index contributed by atoms with van der Waals surface area (Å²) >= 11 is 0. The Morgan fingerprint density at radius 3 is 2.90 bits per heavy atom. The van der Waals surface area contributed by atoms with Gasteiger partial charge in [-0.05, 0) is 25.0 Å². The highest BCUT2D eigenvalue weighted by Crippen LogP contribution is 2.30. The molecule has 1 aliphatic rings. The van der Waals surface area contributed by atoms with Crippen LogP contribution < -0.4 is 10.2 Å². The van der Waals surface area contributed by atoms with Crippen LogP contribution in [0, 0.1) is 0 Å². The highest BCUT2D eigenvalue weighted by atomic mass is 15.2. The molecule has 0 radical (unpaired) electrons. The Labute approximate surface area is 121 Å². The molecule has 3 rings (SSSR count). The van der Waals surface area contributed by atoms with Crippen LogP contribution in [0.4, 0.5) is 5.69 Å². The zero-order valence-electron chi connectivity index (χ0n) is 12.4. The summed E-state index contributed by atoms with van der Waals surface area (Å²) in [5, 5.41) is 6.26. The van der Waals surface area contributed by atoms with Gasteiger partial charge < -0.3 is 10.2 Å². The summed E-state index contributed by atoms with van der Waals surface area (Å²) in [7, 11) is 0. The molecule has 0 aliphatic carbocycles. The molecule has 2 heterocycles.